The Hall–Kier alpha value is -2.25. The maximum atomic E-state index is 5.58. The molecule has 1 heterocycles. The van der Waals surface area contributed by atoms with Gasteiger partial charge in [0, 0.05) is 10.0 Å². The van der Waals surface area contributed by atoms with E-state index in [2.05, 4.69) is 38.2 Å². The average molecular weight is 417 g/mol. The molecule has 1 aromatic heterocycles. The number of aromatic amines is 1. The Morgan fingerprint density at radius 2 is 2.00 bits per heavy atom. The van der Waals surface area contributed by atoms with Crippen LogP contribution in [0, 0.1) is 4.77 Å². The van der Waals surface area contributed by atoms with Crippen LogP contribution in [0.2, 0.25) is 0 Å². The van der Waals surface area contributed by atoms with E-state index in [-0.39, 0.29) is 0 Å². The molecule has 0 unspecified atom stereocenters. The lowest BCUT2D eigenvalue weighted by Crippen LogP contribution is -1.96. The molecule has 3 rings (SSSR count). The highest BCUT2D eigenvalue weighted by molar-refractivity contribution is 9.10. The number of ether oxygens (including phenoxy) is 1. The van der Waals surface area contributed by atoms with Crippen molar-refractivity contribution in [3.05, 3.63) is 63.3 Å². The molecule has 0 saturated carbocycles. The van der Waals surface area contributed by atoms with E-state index in [0.29, 0.717) is 17.2 Å². The first-order chi connectivity index (χ1) is 12.2. The molecule has 0 aliphatic carbocycles. The lowest BCUT2D eigenvalue weighted by atomic mass is 10.2. The van der Waals surface area contributed by atoms with E-state index in [9.17, 15) is 0 Å². The number of hydrogen-bond donors (Lipinski definition) is 1. The van der Waals surface area contributed by atoms with Crippen molar-refractivity contribution in [1.82, 2.24) is 14.9 Å². The van der Waals surface area contributed by atoms with Gasteiger partial charge in [0.25, 0.3) is 0 Å². The zero-order valence-corrected chi connectivity index (χ0v) is 16.0. The highest BCUT2D eigenvalue weighted by Crippen LogP contribution is 2.26. The van der Waals surface area contributed by atoms with Crippen molar-refractivity contribution in [3.8, 4) is 17.1 Å². The van der Waals surface area contributed by atoms with E-state index in [0.717, 1.165) is 27.8 Å². The summed E-state index contributed by atoms with van der Waals surface area (Å²) >= 11 is 8.83. The minimum atomic E-state index is 0.435. The molecule has 3 aromatic rings. The van der Waals surface area contributed by atoms with Gasteiger partial charge in [-0.3, -0.25) is 0 Å². The van der Waals surface area contributed by atoms with Crippen molar-refractivity contribution in [2.75, 3.05) is 6.61 Å². The number of aromatic nitrogens is 3. The Morgan fingerprint density at radius 3 is 2.72 bits per heavy atom. The average Bonchev–Trinajstić information content (AvgIpc) is 3.00. The Labute approximate surface area is 159 Å². The quantitative estimate of drug-likeness (QED) is 0.452. The largest absolute Gasteiger partial charge is 0.494 e. The van der Waals surface area contributed by atoms with E-state index < -0.39 is 0 Å². The standard InChI is InChI=1S/C18H17BrN4OS/c1-2-11-24-14-9-7-13(8-10-14)12-20-23-17(21-22-18(23)25)15-5-3-4-6-16(15)19/h3-10,12H,2,11H2,1H3,(H,22,25)/b20-12+. The molecule has 0 aliphatic heterocycles. The van der Waals surface area contributed by atoms with Gasteiger partial charge in [0.05, 0.1) is 12.8 Å². The molecule has 0 atom stereocenters. The molecule has 2 aromatic carbocycles. The zero-order valence-electron chi connectivity index (χ0n) is 13.6. The van der Waals surface area contributed by atoms with E-state index in [1.54, 1.807) is 10.9 Å². The lowest BCUT2D eigenvalue weighted by Gasteiger charge is -2.04. The van der Waals surface area contributed by atoms with E-state index in [4.69, 9.17) is 17.0 Å². The molecule has 7 heteroatoms. The van der Waals surface area contributed by atoms with E-state index in [1.807, 2.05) is 48.5 Å². The topological polar surface area (TPSA) is 55.2 Å². The summed E-state index contributed by atoms with van der Waals surface area (Å²) in [6.07, 6.45) is 2.73. The van der Waals surface area contributed by atoms with Crippen LogP contribution in [0.3, 0.4) is 0 Å². The van der Waals surface area contributed by atoms with Gasteiger partial charge in [-0.15, -0.1) is 0 Å². The molecule has 25 heavy (non-hydrogen) atoms. The maximum absolute atomic E-state index is 5.58. The molecule has 0 radical (unpaired) electrons. The molecule has 0 fully saturated rings. The van der Waals surface area contributed by atoms with Crippen LogP contribution in [0.25, 0.3) is 11.4 Å². The molecule has 0 amide bonds. The number of benzene rings is 2. The molecule has 0 bridgehead atoms. The van der Waals surface area contributed by atoms with Crippen molar-refractivity contribution in [3.63, 3.8) is 0 Å². The second-order valence-corrected chi connectivity index (χ2v) is 6.55. The molecule has 1 N–H and O–H groups in total. The molecular formula is C18H17BrN4OS. The third kappa shape index (κ3) is 4.24. The fourth-order valence-corrected chi connectivity index (χ4v) is 2.85. The summed E-state index contributed by atoms with van der Waals surface area (Å²) in [6.45, 7) is 2.80. The van der Waals surface area contributed by atoms with Crippen molar-refractivity contribution in [2.45, 2.75) is 13.3 Å². The zero-order chi connectivity index (χ0) is 17.6. The Kier molecular flexibility index (Phi) is 5.78. The van der Waals surface area contributed by atoms with Crippen LogP contribution in [0.4, 0.5) is 0 Å². The monoisotopic (exact) mass is 416 g/mol. The van der Waals surface area contributed by atoms with Gasteiger partial charge >= 0.3 is 0 Å². The van der Waals surface area contributed by atoms with Gasteiger partial charge in [-0.1, -0.05) is 35.0 Å². The SMILES string of the molecule is CCCOc1ccc(/C=N/n2c(-c3ccccc3Br)n[nH]c2=S)cc1. The van der Waals surface area contributed by atoms with Gasteiger partial charge in [0.15, 0.2) is 5.82 Å². The van der Waals surface area contributed by atoms with Crippen LogP contribution in [-0.4, -0.2) is 27.7 Å². The van der Waals surface area contributed by atoms with Gasteiger partial charge < -0.3 is 4.74 Å². The number of H-pyrrole nitrogens is 1. The number of hydrogen-bond acceptors (Lipinski definition) is 4. The summed E-state index contributed by atoms with van der Waals surface area (Å²) in [5.41, 5.74) is 1.86. The van der Waals surface area contributed by atoms with Gasteiger partial charge in [0.1, 0.15) is 5.75 Å². The summed E-state index contributed by atoms with van der Waals surface area (Å²) in [5.74, 6) is 1.50. The lowest BCUT2D eigenvalue weighted by molar-refractivity contribution is 0.317. The van der Waals surface area contributed by atoms with Gasteiger partial charge in [-0.25, -0.2) is 5.10 Å². The van der Waals surface area contributed by atoms with Gasteiger partial charge in [-0.05, 0) is 60.6 Å². The van der Waals surface area contributed by atoms with Crippen LogP contribution < -0.4 is 4.74 Å². The Bertz CT molecular complexity index is 931. The maximum Gasteiger partial charge on any atom is 0.216 e. The fourth-order valence-electron chi connectivity index (χ4n) is 2.21. The van der Waals surface area contributed by atoms with E-state index >= 15 is 0 Å². The van der Waals surface area contributed by atoms with Crippen molar-refractivity contribution in [2.24, 2.45) is 5.10 Å². The molecule has 0 aliphatic rings. The first kappa shape index (κ1) is 17.6. The molecule has 5 nitrogen and oxygen atoms in total. The normalized spacial score (nSPS) is 11.1. The van der Waals surface area contributed by atoms with Gasteiger partial charge in [0.2, 0.25) is 4.77 Å². The molecule has 128 valence electrons. The van der Waals surface area contributed by atoms with Crippen LogP contribution in [0.5, 0.6) is 5.75 Å². The van der Waals surface area contributed by atoms with Crippen LogP contribution in [0.15, 0.2) is 58.1 Å². The predicted molar refractivity (Wildman–Crippen MR) is 106 cm³/mol. The molecule has 0 spiro atoms. The first-order valence-electron chi connectivity index (χ1n) is 7.88. The number of halogens is 1. The van der Waals surface area contributed by atoms with Crippen molar-refractivity contribution < 1.29 is 4.74 Å². The highest BCUT2D eigenvalue weighted by atomic mass is 79.9. The fraction of sp³-hybridized carbons (Fsp3) is 0.167. The molecule has 0 saturated heterocycles. The number of nitrogens with zero attached hydrogens (tertiary/aromatic N) is 3. The van der Waals surface area contributed by atoms with Crippen molar-refractivity contribution in [1.29, 1.82) is 0 Å². The summed E-state index contributed by atoms with van der Waals surface area (Å²) in [6, 6.07) is 15.6. The highest BCUT2D eigenvalue weighted by Gasteiger charge is 2.10. The second-order valence-electron chi connectivity index (χ2n) is 5.31. The molecular weight excluding hydrogens is 400 g/mol. The smallest absolute Gasteiger partial charge is 0.216 e. The Morgan fingerprint density at radius 1 is 1.24 bits per heavy atom. The minimum absolute atomic E-state index is 0.435. The number of nitrogens with one attached hydrogen (secondary N) is 1. The number of rotatable bonds is 6. The van der Waals surface area contributed by atoms with Crippen molar-refractivity contribution >= 4 is 34.4 Å². The van der Waals surface area contributed by atoms with E-state index in [1.165, 1.54) is 0 Å². The minimum Gasteiger partial charge on any atom is -0.494 e. The van der Waals surface area contributed by atoms with Crippen LogP contribution in [-0.2, 0) is 0 Å². The van der Waals surface area contributed by atoms with Gasteiger partial charge in [-0.2, -0.15) is 14.9 Å². The third-order valence-corrected chi connectivity index (χ3v) is 4.40. The first-order valence-corrected chi connectivity index (χ1v) is 9.08. The third-order valence-electron chi connectivity index (χ3n) is 3.44. The summed E-state index contributed by atoms with van der Waals surface area (Å²) in [4.78, 5) is 0. The predicted octanol–water partition coefficient (Wildman–Crippen LogP) is 5.04. The summed E-state index contributed by atoms with van der Waals surface area (Å²) in [5, 5.41) is 11.6. The van der Waals surface area contributed by atoms with Crippen LogP contribution in [0.1, 0.15) is 18.9 Å². The Balaban J connectivity index is 1.86. The second kappa shape index (κ2) is 8.22. The summed E-state index contributed by atoms with van der Waals surface area (Å²) < 4.78 is 8.55. The summed E-state index contributed by atoms with van der Waals surface area (Å²) in [7, 11) is 0. The van der Waals surface area contributed by atoms with Crippen LogP contribution >= 0.6 is 28.1 Å².